The molecule has 0 saturated heterocycles. The Bertz CT molecular complexity index is 70.8. The second-order valence-corrected chi connectivity index (χ2v) is 2.82. The molecule has 0 fully saturated rings. The molecule has 1 N–H and O–H groups in total. The van der Waals surface area contributed by atoms with Crippen molar-refractivity contribution in [3.8, 4) is 0 Å². The van der Waals surface area contributed by atoms with E-state index in [4.69, 9.17) is 5.11 Å². The first-order valence-corrected chi connectivity index (χ1v) is 2.76. The molecule has 1 atom stereocenters. The van der Waals surface area contributed by atoms with Crippen LogP contribution >= 0.6 is 22.6 Å². The van der Waals surface area contributed by atoms with E-state index in [-0.39, 0.29) is 44.5 Å². The van der Waals surface area contributed by atoms with Gasteiger partial charge in [0.05, 0.1) is 0 Å². The summed E-state index contributed by atoms with van der Waals surface area (Å²) in [6.45, 7) is 1.63. The fraction of sp³-hybridized carbons (Fsp3) is 0.667. The third-order valence-corrected chi connectivity index (χ3v) is 0.873. The van der Waals surface area contributed by atoms with Crippen molar-refractivity contribution in [2.45, 2.75) is 10.8 Å². The van der Waals surface area contributed by atoms with Crippen molar-refractivity contribution in [3.05, 3.63) is 0 Å². The summed E-state index contributed by atoms with van der Waals surface area (Å²) in [5, 5.41) is 7.98. The van der Waals surface area contributed by atoms with Gasteiger partial charge in [0.25, 0.3) is 0 Å². The van der Waals surface area contributed by atoms with Gasteiger partial charge in [-0.25, -0.2) is 0 Å². The summed E-state index contributed by atoms with van der Waals surface area (Å²) in [4.78, 5) is 9.69. The first kappa shape index (κ1) is 11.3. The van der Waals surface area contributed by atoms with Gasteiger partial charge >= 0.3 is 43.7 Å². The number of hydrogen-bond donors (Lipinski definition) is 1. The van der Waals surface area contributed by atoms with E-state index in [2.05, 4.69) is 0 Å². The molecule has 0 aromatic rings. The zero-order valence-electron chi connectivity index (χ0n) is 6.02. The molecule has 1 unspecified atom stereocenters. The van der Waals surface area contributed by atoms with Crippen LogP contribution in [0.3, 0.4) is 0 Å². The van der Waals surface area contributed by atoms with Crippen molar-refractivity contribution in [2.75, 3.05) is 0 Å². The number of rotatable bonds is 1. The van der Waals surface area contributed by atoms with E-state index in [1.165, 1.54) is 0 Å². The molecule has 0 aliphatic carbocycles. The van der Waals surface area contributed by atoms with Gasteiger partial charge < -0.3 is 7.96 Å². The number of halogens is 1. The molecule has 4 heteroatoms. The second-order valence-electron chi connectivity index (χ2n) is 0.954. The number of hydrogen-bond acceptors (Lipinski definition) is 1. The largest absolute Gasteiger partial charge is 2.00 e. The van der Waals surface area contributed by atoms with Gasteiger partial charge in [-0.05, 0) is 6.92 Å². The predicted octanol–water partition coefficient (Wildman–Crippen LogP) is 0.739. The fourth-order valence-corrected chi connectivity index (χ4v) is 0. The average molecular weight is 242 g/mol. The maximum absolute atomic E-state index is 9.69. The summed E-state index contributed by atoms with van der Waals surface area (Å²) in [5.74, 6) is -0.754. The summed E-state index contributed by atoms with van der Waals surface area (Å²) in [7, 11) is 0. The van der Waals surface area contributed by atoms with E-state index in [1.807, 2.05) is 22.6 Å². The Morgan fingerprint density at radius 3 is 2.14 bits per heavy atom. The Kier molecular flexibility index (Phi) is 9.02. The Balaban J connectivity index is -0.0000000417. The molecule has 0 saturated carbocycles. The van der Waals surface area contributed by atoms with Crippen LogP contribution in [0.25, 0.3) is 0 Å². The van der Waals surface area contributed by atoms with Gasteiger partial charge in [0.2, 0.25) is 0 Å². The van der Waals surface area contributed by atoms with Crippen LogP contribution in [-0.2, 0) is 4.79 Å². The standard InChI is InChI=1S/C3H5IO2.Ca.2H/c1-2(4)3(5)6;;;/h2H,1H3,(H,5,6);;;/q;+2;2*-1. The first-order chi connectivity index (χ1) is 2.64. The predicted molar refractivity (Wildman–Crippen MR) is 39.1 cm³/mol. The minimum Gasteiger partial charge on any atom is -1.00 e. The molecule has 0 spiro atoms. The van der Waals surface area contributed by atoms with Crippen molar-refractivity contribution in [1.82, 2.24) is 0 Å². The zero-order valence-corrected chi connectivity index (χ0v) is 8.38. The molecule has 0 bridgehead atoms. The van der Waals surface area contributed by atoms with Crippen LogP contribution in [0, 0.1) is 0 Å². The van der Waals surface area contributed by atoms with Crippen LogP contribution in [0.4, 0.5) is 0 Å². The van der Waals surface area contributed by atoms with Gasteiger partial charge in [-0.1, -0.05) is 22.6 Å². The molecule has 2 nitrogen and oxygen atoms in total. The second kappa shape index (κ2) is 5.59. The van der Waals surface area contributed by atoms with Crippen LogP contribution < -0.4 is 0 Å². The number of aliphatic carboxylic acids is 1. The summed E-state index contributed by atoms with van der Waals surface area (Å²) in [6, 6.07) is 0. The molecule has 0 aromatic carbocycles. The molecule has 0 aliphatic rings. The molecule has 0 radical (unpaired) electrons. The van der Waals surface area contributed by atoms with E-state index in [0.717, 1.165) is 0 Å². The van der Waals surface area contributed by atoms with Crippen molar-refractivity contribution in [1.29, 1.82) is 0 Å². The maximum Gasteiger partial charge on any atom is 2.00 e. The van der Waals surface area contributed by atoms with Crippen molar-refractivity contribution >= 4 is 66.3 Å². The summed E-state index contributed by atoms with van der Waals surface area (Å²) in [6.07, 6.45) is 0. The Morgan fingerprint density at radius 2 is 2.14 bits per heavy atom. The number of alkyl halides is 1. The molecule has 0 rings (SSSR count). The third-order valence-electron chi connectivity index (χ3n) is 0.340. The van der Waals surface area contributed by atoms with E-state index in [0.29, 0.717) is 0 Å². The molecule has 0 heterocycles. The van der Waals surface area contributed by atoms with E-state index >= 15 is 0 Å². The van der Waals surface area contributed by atoms with E-state index in [1.54, 1.807) is 6.92 Å². The number of carboxylic acids is 1. The Morgan fingerprint density at radius 1 is 2.00 bits per heavy atom. The van der Waals surface area contributed by atoms with Gasteiger partial charge in [-0.2, -0.15) is 0 Å². The van der Waals surface area contributed by atoms with Gasteiger partial charge in [0.15, 0.2) is 0 Å². The average Bonchev–Trinajstić information content (AvgIpc) is 1.36. The van der Waals surface area contributed by atoms with Crippen LogP contribution in [0.2, 0.25) is 0 Å². The molecular formula is C3H7CaIO2. The number of carbonyl (C=O) groups is 1. The van der Waals surface area contributed by atoms with Crippen molar-refractivity contribution in [3.63, 3.8) is 0 Å². The fourth-order valence-electron chi connectivity index (χ4n) is 0. The summed E-state index contributed by atoms with van der Waals surface area (Å²) < 4.78 is -0.261. The minimum absolute atomic E-state index is 0. The Hall–Kier alpha value is 1.46. The van der Waals surface area contributed by atoms with Gasteiger partial charge in [0, 0.05) is 0 Å². The minimum atomic E-state index is -0.754. The maximum atomic E-state index is 9.69. The van der Waals surface area contributed by atoms with Gasteiger partial charge in [0.1, 0.15) is 3.92 Å². The molecule has 40 valence electrons. The van der Waals surface area contributed by atoms with Crippen LogP contribution in [0.15, 0.2) is 0 Å². The van der Waals surface area contributed by atoms with E-state index in [9.17, 15) is 4.79 Å². The first-order valence-electron chi connectivity index (χ1n) is 1.51. The molecular weight excluding hydrogens is 235 g/mol. The molecule has 7 heavy (non-hydrogen) atoms. The van der Waals surface area contributed by atoms with E-state index < -0.39 is 5.97 Å². The monoisotopic (exact) mass is 242 g/mol. The van der Waals surface area contributed by atoms with Gasteiger partial charge in [-0.15, -0.1) is 0 Å². The molecule has 0 aliphatic heterocycles. The van der Waals surface area contributed by atoms with Gasteiger partial charge in [-0.3, -0.25) is 4.79 Å². The normalized spacial score (nSPS) is 11.7. The van der Waals surface area contributed by atoms with Crippen LogP contribution in [0.1, 0.15) is 9.78 Å². The number of carboxylic acid groups (broad SMARTS) is 1. The zero-order chi connectivity index (χ0) is 5.15. The summed E-state index contributed by atoms with van der Waals surface area (Å²) >= 11 is 1.83. The summed E-state index contributed by atoms with van der Waals surface area (Å²) in [5.41, 5.74) is 0. The molecule has 0 aromatic heterocycles. The van der Waals surface area contributed by atoms with Crippen molar-refractivity contribution < 1.29 is 12.8 Å². The topological polar surface area (TPSA) is 37.3 Å². The quantitative estimate of drug-likeness (QED) is 0.418. The van der Waals surface area contributed by atoms with Crippen LogP contribution in [0.5, 0.6) is 0 Å². The SMILES string of the molecule is CC(I)C(=O)O.[Ca+2].[H-].[H-]. The van der Waals surface area contributed by atoms with Crippen molar-refractivity contribution in [2.24, 2.45) is 0 Å². The smallest absolute Gasteiger partial charge is 1.00 e. The molecule has 0 amide bonds. The third kappa shape index (κ3) is 7.46. The van der Waals surface area contributed by atoms with Crippen LogP contribution in [-0.4, -0.2) is 52.7 Å². The Labute approximate surface area is 88.8 Å².